The topological polar surface area (TPSA) is 75.4 Å². The zero-order valence-electron chi connectivity index (χ0n) is 10.7. The highest BCUT2D eigenvalue weighted by Crippen LogP contribution is 2.16. The van der Waals surface area contributed by atoms with Gasteiger partial charge >= 0.3 is 5.97 Å². The molecule has 0 saturated heterocycles. The number of aryl methyl sites for hydroxylation is 1. The van der Waals surface area contributed by atoms with Gasteiger partial charge in [0.25, 0.3) is 0 Å². The molecule has 0 radical (unpaired) electrons. The van der Waals surface area contributed by atoms with Gasteiger partial charge in [-0.1, -0.05) is 0 Å². The molecule has 0 aliphatic heterocycles. The first-order valence-electron chi connectivity index (χ1n) is 6.13. The van der Waals surface area contributed by atoms with Crippen molar-refractivity contribution in [2.75, 3.05) is 5.32 Å². The molecule has 2 rings (SSSR count). The fourth-order valence-electron chi connectivity index (χ4n) is 1.84. The van der Waals surface area contributed by atoms with Gasteiger partial charge in [-0.15, -0.1) is 0 Å². The maximum absolute atomic E-state index is 11.1. The summed E-state index contributed by atoms with van der Waals surface area (Å²) < 4.78 is 5.26. The molecule has 0 aliphatic rings. The molecule has 0 aromatic carbocycles. The van der Waals surface area contributed by atoms with Crippen LogP contribution in [0.5, 0.6) is 0 Å². The van der Waals surface area contributed by atoms with Crippen molar-refractivity contribution in [2.24, 2.45) is 0 Å². The molecule has 0 bridgehead atoms. The van der Waals surface area contributed by atoms with E-state index >= 15 is 0 Å². The van der Waals surface area contributed by atoms with Crippen molar-refractivity contribution in [1.29, 1.82) is 0 Å². The van der Waals surface area contributed by atoms with Crippen LogP contribution in [-0.2, 0) is 6.42 Å². The SMILES string of the molecule is CC(CCc1ccco1)Nc1ccncc1C(=O)O. The van der Waals surface area contributed by atoms with Gasteiger partial charge in [-0.2, -0.15) is 0 Å². The second-order valence-electron chi connectivity index (χ2n) is 4.39. The molecule has 1 atom stereocenters. The maximum Gasteiger partial charge on any atom is 0.339 e. The van der Waals surface area contributed by atoms with Crippen LogP contribution in [0.15, 0.2) is 41.3 Å². The molecule has 5 nitrogen and oxygen atoms in total. The molecule has 2 heterocycles. The van der Waals surface area contributed by atoms with Crippen LogP contribution in [0.1, 0.15) is 29.5 Å². The number of nitrogens with zero attached hydrogens (tertiary/aromatic N) is 1. The standard InChI is InChI=1S/C14H16N2O3/c1-10(4-5-11-3-2-8-19-11)16-13-6-7-15-9-12(13)14(17)18/h2-3,6-10H,4-5H2,1H3,(H,15,16)(H,17,18). The Morgan fingerprint density at radius 1 is 1.53 bits per heavy atom. The average molecular weight is 260 g/mol. The largest absolute Gasteiger partial charge is 0.478 e. The van der Waals surface area contributed by atoms with Gasteiger partial charge in [0, 0.05) is 24.9 Å². The first-order chi connectivity index (χ1) is 9.16. The van der Waals surface area contributed by atoms with Crippen LogP contribution in [0.25, 0.3) is 0 Å². The molecule has 1 unspecified atom stereocenters. The number of rotatable bonds is 6. The second-order valence-corrected chi connectivity index (χ2v) is 4.39. The summed E-state index contributed by atoms with van der Waals surface area (Å²) in [6, 6.07) is 5.61. The predicted molar refractivity (Wildman–Crippen MR) is 71.3 cm³/mol. The minimum Gasteiger partial charge on any atom is -0.478 e. The Labute approximate surface area is 111 Å². The Kier molecular flexibility index (Phi) is 4.18. The fourth-order valence-corrected chi connectivity index (χ4v) is 1.84. The Bertz CT molecular complexity index is 537. The van der Waals surface area contributed by atoms with Crippen LogP contribution in [-0.4, -0.2) is 22.1 Å². The molecule has 0 aliphatic carbocycles. The Balaban J connectivity index is 1.95. The third-order valence-electron chi connectivity index (χ3n) is 2.86. The molecule has 2 aromatic heterocycles. The van der Waals surface area contributed by atoms with Gasteiger partial charge in [-0.05, 0) is 31.5 Å². The van der Waals surface area contributed by atoms with Gasteiger partial charge in [-0.25, -0.2) is 4.79 Å². The molecular weight excluding hydrogens is 244 g/mol. The van der Waals surface area contributed by atoms with Crippen LogP contribution in [0.4, 0.5) is 5.69 Å². The van der Waals surface area contributed by atoms with E-state index in [9.17, 15) is 4.79 Å². The highest BCUT2D eigenvalue weighted by molar-refractivity contribution is 5.93. The van der Waals surface area contributed by atoms with E-state index in [0.717, 1.165) is 18.6 Å². The molecule has 5 heteroatoms. The minimum absolute atomic E-state index is 0.144. The molecule has 0 fully saturated rings. The lowest BCUT2D eigenvalue weighted by atomic mass is 10.1. The van der Waals surface area contributed by atoms with E-state index in [0.29, 0.717) is 5.69 Å². The van der Waals surface area contributed by atoms with E-state index in [4.69, 9.17) is 9.52 Å². The van der Waals surface area contributed by atoms with Crippen molar-refractivity contribution < 1.29 is 14.3 Å². The number of anilines is 1. The first-order valence-corrected chi connectivity index (χ1v) is 6.13. The Morgan fingerprint density at radius 3 is 3.05 bits per heavy atom. The quantitative estimate of drug-likeness (QED) is 0.835. The van der Waals surface area contributed by atoms with E-state index in [1.165, 1.54) is 6.20 Å². The summed E-state index contributed by atoms with van der Waals surface area (Å²) >= 11 is 0. The Hall–Kier alpha value is -2.30. The average Bonchev–Trinajstić information content (AvgIpc) is 2.90. The van der Waals surface area contributed by atoms with Crippen molar-refractivity contribution in [3.05, 3.63) is 48.2 Å². The molecule has 2 N–H and O–H groups in total. The zero-order valence-corrected chi connectivity index (χ0v) is 10.7. The third kappa shape index (κ3) is 3.58. The van der Waals surface area contributed by atoms with Gasteiger partial charge in [0.1, 0.15) is 11.3 Å². The summed E-state index contributed by atoms with van der Waals surface area (Å²) in [5, 5.41) is 12.3. The minimum atomic E-state index is -0.978. The van der Waals surface area contributed by atoms with Gasteiger partial charge in [-0.3, -0.25) is 4.98 Å². The number of pyridine rings is 1. The molecule has 2 aromatic rings. The van der Waals surface area contributed by atoms with Crippen LogP contribution in [0.2, 0.25) is 0 Å². The predicted octanol–water partition coefficient (Wildman–Crippen LogP) is 2.81. The van der Waals surface area contributed by atoms with Crippen molar-refractivity contribution >= 4 is 11.7 Å². The van der Waals surface area contributed by atoms with Crippen molar-refractivity contribution in [1.82, 2.24) is 4.98 Å². The van der Waals surface area contributed by atoms with Crippen LogP contribution in [0.3, 0.4) is 0 Å². The van der Waals surface area contributed by atoms with E-state index in [1.807, 2.05) is 19.1 Å². The molecule has 19 heavy (non-hydrogen) atoms. The Morgan fingerprint density at radius 2 is 2.37 bits per heavy atom. The van der Waals surface area contributed by atoms with Gasteiger partial charge in [0.05, 0.1) is 12.0 Å². The number of hydrogen-bond donors (Lipinski definition) is 2. The van der Waals surface area contributed by atoms with Crippen molar-refractivity contribution in [3.63, 3.8) is 0 Å². The lowest BCUT2D eigenvalue weighted by Crippen LogP contribution is -2.18. The normalized spacial score (nSPS) is 12.1. The van der Waals surface area contributed by atoms with E-state index < -0.39 is 5.97 Å². The summed E-state index contributed by atoms with van der Waals surface area (Å²) in [7, 11) is 0. The summed E-state index contributed by atoms with van der Waals surface area (Å²) in [4.78, 5) is 14.9. The number of carboxylic acids is 1. The number of carboxylic acid groups (broad SMARTS) is 1. The van der Waals surface area contributed by atoms with Crippen LogP contribution < -0.4 is 5.32 Å². The number of hydrogen-bond acceptors (Lipinski definition) is 4. The van der Waals surface area contributed by atoms with E-state index in [-0.39, 0.29) is 11.6 Å². The first kappa shape index (κ1) is 13.1. The highest BCUT2D eigenvalue weighted by Gasteiger charge is 2.12. The number of carbonyl (C=O) groups is 1. The monoisotopic (exact) mass is 260 g/mol. The smallest absolute Gasteiger partial charge is 0.339 e. The number of aromatic nitrogens is 1. The van der Waals surface area contributed by atoms with E-state index in [2.05, 4.69) is 10.3 Å². The lowest BCUT2D eigenvalue weighted by Gasteiger charge is -2.16. The zero-order chi connectivity index (χ0) is 13.7. The lowest BCUT2D eigenvalue weighted by molar-refractivity contribution is 0.0697. The highest BCUT2D eigenvalue weighted by atomic mass is 16.4. The number of furan rings is 1. The molecule has 0 amide bonds. The van der Waals surface area contributed by atoms with Gasteiger partial charge < -0.3 is 14.8 Å². The third-order valence-corrected chi connectivity index (χ3v) is 2.86. The summed E-state index contributed by atoms with van der Waals surface area (Å²) in [5.74, 6) is -0.0457. The molecular formula is C14H16N2O3. The number of nitrogens with one attached hydrogen (secondary N) is 1. The summed E-state index contributed by atoms with van der Waals surface area (Å²) in [6.45, 7) is 2.01. The van der Waals surface area contributed by atoms with Crippen LogP contribution >= 0.6 is 0 Å². The maximum atomic E-state index is 11.1. The van der Waals surface area contributed by atoms with Crippen molar-refractivity contribution in [3.8, 4) is 0 Å². The van der Waals surface area contributed by atoms with Crippen molar-refractivity contribution in [2.45, 2.75) is 25.8 Å². The van der Waals surface area contributed by atoms with E-state index in [1.54, 1.807) is 18.5 Å². The van der Waals surface area contributed by atoms with Gasteiger partial charge in [0.2, 0.25) is 0 Å². The second kappa shape index (κ2) is 6.04. The van der Waals surface area contributed by atoms with Gasteiger partial charge in [0.15, 0.2) is 0 Å². The number of aromatic carboxylic acids is 1. The molecule has 100 valence electrons. The fraction of sp³-hybridized carbons (Fsp3) is 0.286. The van der Waals surface area contributed by atoms with Crippen LogP contribution in [0, 0.1) is 0 Å². The summed E-state index contributed by atoms with van der Waals surface area (Å²) in [5.41, 5.74) is 0.779. The molecule has 0 saturated carbocycles. The summed E-state index contributed by atoms with van der Waals surface area (Å²) in [6.07, 6.45) is 6.25. The molecule has 0 spiro atoms.